The van der Waals surface area contributed by atoms with E-state index < -0.39 is 33.1 Å². The minimum absolute atomic E-state index is 0.0444. The van der Waals surface area contributed by atoms with Crippen LogP contribution in [0.15, 0.2) is 42.5 Å². The molecular formula is C18H17ClFNO3S. The van der Waals surface area contributed by atoms with Crippen LogP contribution in [0, 0.1) is 5.82 Å². The zero-order valence-corrected chi connectivity index (χ0v) is 15.0. The Hall–Kier alpha value is -1.92. The van der Waals surface area contributed by atoms with E-state index in [1.165, 1.54) is 22.6 Å². The molecule has 0 saturated carbocycles. The van der Waals surface area contributed by atoms with Gasteiger partial charge in [-0.1, -0.05) is 41.9 Å². The third-order valence-electron chi connectivity index (χ3n) is 4.25. The van der Waals surface area contributed by atoms with E-state index in [0.717, 1.165) is 11.6 Å². The zero-order valence-electron chi connectivity index (χ0n) is 13.4. The van der Waals surface area contributed by atoms with Gasteiger partial charge in [-0.15, -0.1) is 0 Å². The summed E-state index contributed by atoms with van der Waals surface area (Å²) in [7, 11) is -3.82. The molecule has 1 aliphatic rings. The van der Waals surface area contributed by atoms with Gasteiger partial charge in [0.25, 0.3) is 0 Å². The van der Waals surface area contributed by atoms with Gasteiger partial charge in [0, 0.05) is 23.7 Å². The van der Waals surface area contributed by atoms with Gasteiger partial charge in [-0.3, -0.25) is 4.79 Å². The first-order chi connectivity index (χ1) is 11.9. The van der Waals surface area contributed by atoms with Crippen LogP contribution in [0.5, 0.6) is 0 Å². The molecule has 2 aromatic rings. The van der Waals surface area contributed by atoms with Crippen LogP contribution in [0.1, 0.15) is 16.7 Å². The minimum atomic E-state index is -3.82. The van der Waals surface area contributed by atoms with Gasteiger partial charge >= 0.3 is 0 Å². The van der Waals surface area contributed by atoms with Crippen molar-refractivity contribution in [2.45, 2.75) is 18.7 Å². The number of fused-ring (bicyclic) bond motifs is 1. The topological polar surface area (TPSA) is 54.5 Å². The van der Waals surface area contributed by atoms with Gasteiger partial charge in [-0.2, -0.15) is 0 Å². The average Bonchev–Trinajstić information content (AvgIpc) is 2.57. The van der Waals surface area contributed by atoms with E-state index in [1.807, 2.05) is 24.3 Å². The molecule has 0 radical (unpaired) electrons. The van der Waals surface area contributed by atoms with E-state index in [9.17, 15) is 17.6 Å². The number of benzene rings is 2. The molecule has 4 nitrogen and oxygen atoms in total. The number of hydrogen-bond donors (Lipinski definition) is 0. The van der Waals surface area contributed by atoms with Gasteiger partial charge in [-0.25, -0.2) is 12.8 Å². The van der Waals surface area contributed by atoms with E-state index in [1.54, 1.807) is 0 Å². The lowest BCUT2D eigenvalue weighted by Crippen LogP contribution is -2.39. The Balaban J connectivity index is 1.70. The molecule has 0 aliphatic carbocycles. The van der Waals surface area contributed by atoms with Gasteiger partial charge in [0.15, 0.2) is 9.84 Å². The van der Waals surface area contributed by atoms with E-state index in [4.69, 9.17) is 11.6 Å². The summed E-state index contributed by atoms with van der Waals surface area (Å²) in [6.07, 6.45) is 0.696. The fourth-order valence-electron chi connectivity index (χ4n) is 2.93. The number of rotatable bonds is 4. The molecule has 1 amide bonds. The average molecular weight is 382 g/mol. The third kappa shape index (κ3) is 4.19. The first-order valence-electron chi connectivity index (χ1n) is 7.83. The van der Waals surface area contributed by atoms with Crippen molar-refractivity contribution in [1.29, 1.82) is 0 Å². The predicted octanol–water partition coefficient (Wildman–Crippen LogP) is 2.98. The molecule has 0 N–H and O–H groups in total. The summed E-state index contributed by atoms with van der Waals surface area (Å²) in [6, 6.07) is 11.8. The van der Waals surface area contributed by atoms with Crippen molar-refractivity contribution in [3.05, 3.63) is 70.0 Å². The molecule has 2 aromatic carbocycles. The fourth-order valence-corrected chi connectivity index (χ4v) is 4.63. The van der Waals surface area contributed by atoms with Crippen LogP contribution in [0.4, 0.5) is 4.39 Å². The molecule has 0 spiro atoms. The highest BCUT2D eigenvalue weighted by Gasteiger charge is 2.26. The van der Waals surface area contributed by atoms with Crippen molar-refractivity contribution in [3.63, 3.8) is 0 Å². The minimum Gasteiger partial charge on any atom is -0.337 e. The van der Waals surface area contributed by atoms with Crippen LogP contribution in [0.3, 0.4) is 0 Å². The summed E-state index contributed by atoms with van der Waals surface area (Å²) >= 11 is 5.88. The molecule has 7 heteroatoms. The molecule has 0 atom stereocenters. The van der Waals surface area contributed by atoms with Crippen molar-refractivity contribution >= 4 is 27.3 Å². The summed E-state index contributed by atoms with van der Waals surface area (Å²) in [6.45, 7) is 0.872. The lowest BCUT2D eigenvalue weighted by Gasteiger charge is -2.28. The molecule has 25 heavy (non-hydrogen) atoms. The summed E-state index contributed by atoms with van der Waals surface area (Å²) in [4.78, 5) is 13.9. The lowest BCUT2D eigenvalue weighted by molar-refractivity contribution is -0.129. The molecule has 1 aliphatic heterocycles. The maximum absolute atomic E-state index is 13.8. The zero-order chi connectivity index (χ0) is 18.0. The number of nitrogens with zero attached hydrogens (tertiary/aromatic N) is 1. The van der Waals surface area contributed by atoms with Crippen LogP contribution in [0.2, 0.25) is 5.02 Å². The summed E-state index contributed by atoms with van der Waals surface area (Å²) < 4.78 is 38.5. The monoisotopic (exact) mass is 381 g/mol. The SMILES string of the molecule is O=C(CS(=O)(=O)Cc1c(F)cccc1Cl)N1CCc2ccccc2C1. The maximum Gasteiger partial charge on any atom is 0.238 e. The normalized spacial score (nSPS) is 14.2. The quantitative estimate of drug-likeness (QED) is 0.818. The fraction of sp³-hybridized carbons (Fsp3) is 0.278. The van der Waals surface area contributed by atoms with Crippen molar-refractivity contribution in [1.82, 2.24) is 4.90 Å². The van der Waals surface area contributed by atoms with Crippen LogP contribution in [0.25, 0.3) is 0 Å². The smallest absolute Gasteiger partial charge is 0.238 e. The van der Waals surface area contributed by atoms with Crippen molar-refractivity contribution in [2.24, 2.45) is 0 Å². The Kier molecular flexibility index (Phi) is 5.11. The first-order valence-corrected chi connectivity index (χ1v) is 10.0. The molecule has 0 fully saturated rings. The number of sulfone groups is 1. The van der Waals surface area contributed by atoms with E-state index in [2.05, 4.69) is 0 Å². The highest BCUT2D eigenvalue weighted by atomic mass is 35.5. The van der Waals surface area contributed by atoms with E-state index in [-0.39, 0.29) is 10.6 Å². The van der Waals surface area contributed by atoms with Gasteiger partial charge in [-0.05, 0) is 29.7 Å². The number of carbonyl (C=O) groups is 1. The van der Waals surface area contributed by atoms with Crippen LogP contribution < -0.4 is 0 Å². The number of carbonyl (C=O) groups excluding carboxylic acids is 1. The van der Waals surface area contributed by atoms with Gasteiger partial charge in [0.1, 0.15) is 11.6 Å². The predicted molar refractivity (Wildman–Crippen MR) is 94.5 cm³/mol. The largest absolute Gasteiger partial charge is 0.337 e. The Morgan fingerprint density at radius 3 is 2.56 bits per heavy atom. The molecule has 0 saturated heterocycles. The number of halogens is 2. The van der Waals surface area contributed by atoms with Crippen molar-refractivity contribution in [2.75, 3.05) is 12.3 Å². The summed E-state index contributed by atoms with van der Waals surface area (Å²) in [5, 5.41) is 0.0444. The van der Waals surface area contributed by atoms with Crippen LogP contribution >= 0.6 is 11.6 Å². The highest BCUT2D eigenvalue weighted by Crippen LogP contribution is 2.23. The summed E-state index contributed by atoms with van der Waals surface area (Å²) in [5.41, 5.74) is 2.10. The van der Waals surface area contributed by atoms with E-state index >= 15 is 0 Å². The second-order valence-corrected chi connectivity index (χ2v) is 8.54. The molecule has 132 valence electrons. The highest BCUT2D eigenvalue weighted by molar-refractivity contribution is 7.91. The van der Waals surface area contributed by atoms with Gasteiger partial charge in [0.05, 0.1) is 5.75 Å². The molecule has 1 heterocycles. The lowest BCUT2D eigenvalue weighted by atomic mass is 10.00. The Morgan fingerprint density at radius 1 is 1.12 bits per heavy atom. The van der Waals surface area contributed by atoms with E-state index in [0.29, 0.717) is 19.5 Å². The maximum atomic E-state index is 13.8. The second-order valence-electron chi connectivity index (χ2n) is 6.07. The molecule has 3 rings (SSSR count). The van der Waals surface area contributed by atoms with Crippen LogP contribution in [-0.4, -0.2) is 31.5 Å². The van der Waals surface area contributed by atoms with Gasteiger partial charge < -0.3 is 4.90 Å². The molecular weight excluding hydrogens is 365 g/mol. The summed E-state index contributed by atoms with van der Waals surface area (Å²) in [5.74, 6) is -2.40. The molecule has 0 aromatic heterocycles. The first kappa shape index (κ1) is 17.9. The Labute approximate surface area is 151 Å². The number of hydrogen-bond acceptors (Lipinski definition) is 3. The van der Waals surface area contributed by atoms with Crippen molar-refractivity contribution < 1.29 is 17.6 Å². The number of amides is 1. The third-order valence-corrected chi connectivity index (χ3v) is 6.02. The molecule has 0 unspecified atom stereocenters. The Bertz CT molecular complexity index is 894. The van der Waals surface area contributed by atoms with Gasteiger partial charge in [0.2, 0.25) is 5.91 Å². The Morgan fingerprint density at radius 2 is 1.84 bits per heavy atom. The standard InChI is InChI=1S/C18H17ClFNO3S/c19-16-6-3-7-17(20)15(16)11-25(23,24)12-18(22)21-9-8-13-4-1-2-5-14(13)10-21/h1-7H,8-12H2. The molecule has 0 bridgehead atoms. The van der Waals surface area contributed by atoms with Crippen molar-refractivity contribution in [3.8, 4) is 0 Å². The second kappa shape index (κ2) is 7.14. The van der Waals surface area contributed by atoms with Crippen LogP contribution in [-0.2, 0) is 33.4 Å².